The summed E-state index contributed by atoms with van der Waals surface area (Å²) < 4.78 is 0. The minimum atomic E-state index is 0.256. The van der Waals surface area contributed by atoms with Gasteiger partial charge in [-0.1, -0.05) is 6.08 Å². The van der Waals surface area contributed by atoms with Crippen LogP contribution in [-0.4, -0.2) is 22.6 Å². The highest BCUT2D eigenvalue weighted by Crippen LogP contribution is 2.16. The molecule has 0 N–H and O–H groups in total. The highest BCUT2D eigenvalue weighted by Gasteiger charge is 2.14. The maximum Gasteiger partial charge on any atom is 0.183 e. The summed E-state index contributed by atoms with van der Waals surface area (Å²) in [5, 5.41) is 8.91. The van der Waals surface area contributed by atoms with Crippen LogP contribution < -0.4 is 4.90 Å². The van der Waals surface area contributed by atoms with E-state index < -0.39 is 0 Å². The molecule has 0 bridgehead atoms. The Hall–Kier alpha value is -1.89. The van der Waals surface area contributed by atoms with E-state index in [1.165, 1.54) is 6.20 Å². The zero-order chi connectivity index (χ0) is 11.3. The van der Waals surface area contributed by atoms with Gasteiger partial charge < -0.3 is 4.90 Å². The predicted molar refractivity (Wildman–Crippen MR) is 59.4 cm³/mol. The summed E-state index contributed by atoms with van der Waals surface area (Å²) in [6, 6.07) is 2.30. The second-order valence-corrected chi connectivity index (χ2v) is 3.38. The van der Waals surface area contributed by atoms with Crippen molar-refractivity contribution in [2.24, 2.45) is 0 Å². The fourth-order valence-corrected chi connectivity index (χ4v) is 1.30. The van der Waals surface area contributed by atoms with Crippen molar-refractivity contribution in [3.05, 3.63) is 30.7 Å². The fraction of sp³-hybridized carbons (Fsp3) is 0.364. The van der Waals surface area contributed by atoms with Crippen LogP contribution in [0, 0.1) is 11.3 Å². The molecule has 15 heavy (non-hydrogen) atoms. The molecule has 0 amide bonds. The molecule has 0 aliphatic carbocycles. The number of hydrogen-bond donors (Lipinski definition) is 0. The third-order valence-corrected chi connectivity index (χ3v) is 2.01. The van der Waals surface area contributed by atoms with Crippen molar-refractivity contribution >= 4 is 5.82 Å². The van der Waals surface area contributed by atoms with E-state index in [0.717, 1.165) is 0 Å². The van der Waals surface area contributed by atoms with E-state index in [2.05, 4.69) is 16.5 Å². The zero-order valence-corrected chi connectivity index (χ0v) is 9.01. The van der Waals surface area contributed by atoms with Crippen LogP contribution >= 0.6 is 0 Å². The summed E-state index contributed by atoms with van der Waals surface area (Å²) in [5.41, 5.74) is 0.355. The quantitative estimate of drug-likeness (QED) is 0.698. The minimum Gasteiger partial charge on any atom is -0.348 e. The van der Waals surface area contributed by atoms with Gasteiger partial charge in [-0.2, -0.15) is 5.26 Å². The largest absolute Gasteiger partial charge is 0.348 e. The van der Waals surface area contributed by atoms with E-state index in [1.807, 2.05) is 24.8 Å². The molecule has 0 spiro atoms. The van der Waals surface area contributed by atoms with Gasteiger partial charge >= 0.3 is 0 Å². The molecule has 0 aliphatic heterocycles. The Balaban J connectivity index is 3.11. The number of nitrogens with zero attached hydrogens (tertiary/aromatic N) is 4. The van der Waals surface area contributed by atoms with E-state index in [9.17, 15) is 0 Å². The lowest BCUT2D eigenvalue weighted by Gasteiger charge is -2.26. The topological polar surface area (TPSA) is 52.8 Å². The van der Waals surface area contributed by atoms with Crippen LogP contribution in [-0.2, 0) is 0 Å². The molecule has 4 nitrogen and oxygen atoms in total. The Kier molecular flexibility index (Phi) is 3.81. The van der Waals surface area contributed by atoms with Crippen LogP contribution in [0.1, 0.15) is 19.5 Å². The first-order valence-corrected chi connectivity index (χ1v) is 4.79. The smallest absolute Gasteiger partial charge is 0.183 e. The first-order valence-electron chi connectivity index (χ1n) is 4.79. The van der Waals surface area contributed by atoms with Crippen LogP contribution in [0.15, 0.2) is 25.0 Å². The maximum absolute atomic E-state index is 8.91. The third kappa shape index (κ3) is 2.53. The molecule has 0 saturated carbocycles. The van der Waals surface area contributed by atoms with Crippen LogP contribution in [0.2, 0.25) is 0 Å². The van der Waals surface area contributed by atoms with Crippen LogP contribution in [0.4, 0.5) is 5.82 Å². The highest BCUT2D eigenvalue weighted by atomic mass is 15.2. The number of rotatable bonds is 4. The van der Waals surface area contributed by atoms with E-state index in [4.69, 9.17) is 5.26 Å². The molecule has 1 aromatic rings. The Morgan fingerprint density at radius 2 is 2.20 bits per heavy atom. The minimum absolute atomic E-state index is 0.256. The van der Waals surface area contributed by atoms with E-state index in [0.29, 0.717) is 18.1 Å². The van der Waals surface area contributed by atoms with Crippen LogP contribution in [0.3, 0.4) is 0 Å². The van der Waals surface area contributed by atoms with Gasteiger partial charge in [-0.05, 0) is 13.8 Å². The molecule has 0 radical (unpaired) electrons. The van der Waals surface area contributed by atoms with Crippen molar-refractivity contribution < 1.29 is 0 Å². The molecule has 0 fully saturated rings. The van der Waals surface area contributed by atoms with Crippen molar-refractivity contribution in [1.29, 1.82) is 5.26 Å². The summed E-state index contributed by atoms with van der Waals surface area (Å²) >= 11 is 0. The Morgan fingerprint density at radius 3 is 2.73 bits per heavy atom. The van der Waals surface area contributed by atoms with Gasteiger partial charge in [-0.25, -0.2) is 9.97 Å². The van der Waals surface area contributed by atoms with Crippen molar-refractivity contribution in [3.63, 3.8) is 0 Å². The van der Waals surface area contributed by atoms with Gasteiger partial charge in [-0.3, -0.25) is 0 Å². The Bertz CT molecular complexity index is 378. The summed E-state index contributed by atoms with van der Waals surface area (Å²) in [6.07, 6.45) is 4.90. The number of nitriles is 1. The molecule has 1 heterocycles. The molecule has 1 rings (SSSR count). The second kappa shape index (κ2) is 5.11. The first-order chi connectivity index (χ1) is 7.20. The SMILES string of the molecule is C=CCN(c1nccnc1C#N)C(C)C. The zero-order valence-electron chi connectivity index (χ0n) is 9.01. The molecule has 4 heteroatoms. The molecule has 0 atom stereocenters. The van der Waals surface area contributed by atoms with Crippen molar-refractivity contribution in [3.8, 4) is 6.07 Å². The third-order valence-electron chi connectivity index (χ3n) is 2.01. The number of aromatic nitrogens is 2. The van der Waals surface area contributed by atoms with Crippen molar-refractivity contribution in [2.75, 3.05) is 11.4 Å². The molecule has 0 aromatic carbocycles. The highest BCUT2D eigenvalue weighted by molar-refractivity contribution is 5.50. The summed E-state index contributed by atoms with van der Waals surface area (Å²) in [5.74, 6) is 0.620. The van der Waals surface area contributed by atoms with Crippen LogP contribution in [0.25, 0.3) is 0 Å². The monoisotopic (exact) mass is 202 g/mol. The lowest BCUT2D eigenvalue weighted by Crippen LogP contribution is -2.32. The van der Waals surface area contributed by atoms with Gasteiger partial charge in [0, 0.05) is 25.0 Å². The molecule has 0 saturated heterocycles. The molecule has 1 aromatic heterocycles. The Labute approximate surface area is 89.9 Å². The van der Waals surface area contributed by atoms with Crippen molar-refractivity contribution in [1.82, 2.24) is 9.97 Å². The molecular weight excluding hydrogens is 188 g/mol. The second-order valence-electron chi connectivity index (χ2n) is 3.38. The van der Waals surface area contributed by atoms with Crippen LogP contribution in [0.5, 0.6) is 0 Å². The average molecular weight is 202 g/mol. The van der Waals surface area contributed by atoms with Gasteiger partial charge in [0.25, 0.3) is 0 Å². The van der Waals surface area contributed by atoms with E-state index >= 15 is 0 Å². The van der Waals surface area contributed by atoms with Gasteiger partial charge in [-0.15, -0.1) is 6.58 Å². The lowest BCUT2D eigenvalue weighted by molar-refractivity contribution is 0.708. The molecule has 0 aliphatic rings. The van der Waals surface area contributed by atoms with Gasteiger partial charge in [0.2, 0.25) is 0 Å². The number of anilines is 1. The van der Waals surface area contributed by atoms with Gasteiger partial charge in [0.15, 0.2) is 11.5 Å². The lowest BCUT2D eigenvalue weighted by atomic mass is 10.3. The molecular formula is C11H14N4. The summed E-state index contributed by atoms with van der Waals surface area (Å²) in [7, 11) is 0. The maximum atomic E-state index is 8.91. The molecule has 0 unspecified atom stereocenters. The average Bonchev–Trinajstić information content (AvgIpc) is 2.25. The summed E-state index contributed by atoms with van der Waals surface area (Å²) in [4.78, 5) is 10.2. The van der Waals surface area contributed by atoms with Gasteiger partial charge in [0.05, 0.1) is 0 Å². The van der Waals surface area contributed by atoms with Gasteiger partial charge in [0.1, 0.15) is 6.07 Å². The van der Waals surface area contributed by atoms with E-state index in [-0.39, 0.29) is 6.04 Å². The normalized spacial score (nSPS) is 9.73. The first kappa shape index (κ1) is 11.2. The molecule has 78 valence electrons. The van der Waals surface area contributed by atoms with Crippen molar-refractivity contribution in [2.45, 2.75) is 19.9 Å². The predicted octanol–water partition coefficient (Wildman–Crippen LogP) is 1.75. The summed E-state index contributed by atoms with van der Waals surface area (Å²) in [6.45, 7) is 8.43. The van der Waals surface area contributed by atoms with E-state index in [1.54, 1.807) is 12.3 Å². The fourth-order valence-electron chi connectivity index (χ4n) is 1.30. The number of hydrogen-bond acceptors (Lipinski definition) is 4. The Morgan fingerprint density at radius 1 is 1.53 bits per heavy atom. The standard InChI is InChI=1S/C11H14N4/c1-4-7-15(9(2)3)11-10(8-12)13-5-6-14-11/h4-6,9H,1,7H2,2-3H3.